The Morgan fingerprint density at radius 1 is 1.11 bits per heavy atom. The number of aromatic nitrogens is 3. The van der Waals surface area contributed by atoms with Crippen LogP contribution in [0.25, 0.3) is 22.3 Å². The van der Waals surface area contributed by atoms with E-state index in [1.807, 2.05) is 48.5 Å². The summed E-state index contributed by atoms with van der Waals surface area (Å²) >= 11 is 0. The molecule has 0 atom stereocenters. The molecular weight excluding hydrogens is 340 g/mol. The number of ether oxygens (including phenoxy) is 1. The number of benzene rings is 1. The second-order valence-electron chi connectivity index (χ2n) is 6.09. The highest BCUT2D eigenvalue weighted by Crippen LogP contribution is 2.21. The summed E-state index contributed by atoms with van der Waals surface area (Å²) in [5, 5.41) is 3.80. The third kappa shape index (κ3) is 3.64. The van der Waals surface area contributed by atoms with Gasteiger partial charge in [0.1, 0.15) is 17.1 Å². The van der Waals surface area contributed by atoms with Gasteiger partial charge in [0.05, 0.1) is 12.8 Å². The van der Waals surface area contributed by atoms with E-state index >= 15 is 0 Å². The van der Waals surface area contributed by atoms with Gasteiger partial charge in [-0.25, -0.2) is 4.98 Å². The van der Waals surface area contributed by atoms with Crippen LogP contribution < -0.4 is 10.1 Å². The van der Waals surface area contributed by atoms with E-state index in [4.69, 9.17) is 4.74 Å². The smallest absolute Gasteiger partial charge is 0.268 e. The summed E-state index contributed by atoms with van der Waals surface area (Å²) in [4.78, 5) is 24.2. The van der Waals surface area contributed by atoms with Crippen LogP contribution in [0.15, 0.2) is 67.0 Å². The number of amides is 1. The Kier molecular flexibility index (Phi) is 4.53. The Morgan fingerprint density at radius 3 is 2.78 bits per heavy atom. The summed E-state index contributed by atoms with van der Waals surface area (Å²) in [5.41, 5.74) is 3.93. The lowest BCUT2D eigenvalue weighted by molar-refractivity contribution is 0.0946. The minimum absolute atomic E-state index is 0.179. The van der Waals surface area contributed by atoms with Gasteiger partial charge in [0.2, 0.25) is 0 Å². The minimum atomic E-state index is -0.179. The van der Waals surface area contributed by atoms with Crippen LogP contribution in [-0.4, -0.2) is 28.0 Å². The Bertz CT molecular complexity index is 1090. The van der Waals surface area contributed by atoms with Gasteiger partial charge in [-0.15, -0.1) is 0 Å². The summed E-state index contributed by atoms with van der Waals surface area (Å²) in [6.07, 6.45) is 3.46. The first kappa shape index (κ1) is 16.8. The van der Waals surface area contributed by atoms with E-state index in [9.17, 15) is 4.79 Å². The topological polar surface area (TPSA) is 79.9 Å². The van der Waals surface area contributed by atoms with Crippen molar-refractivity contribution in [3.8, 4) is 17.0 Å². The summed E-state index contributed by atoms with van der Waals surface area (Å²) in [6, 6.07) is 17.1. The average Bonchev–Trinajstić information content (AvgIpc) is 3.16. The second-order valence-corrected chi connectivity index (χ2v) is 6.09. The fraction of sp³-hybridized carbons (Fsp3) is 0.0952. The monoisotopic (exact) mass is 358 g/mol. The van der Waals surface area contributed by atoms with Gasteiger partial charge in [0, 0.05) is 29.9 Å². The van der Waals surface area contributed by atoms with E-state index < -0.39 is 0 Å². The number of nitrogens with one attached hydrogen (secondary N) is 2. The van der Waals surface area contributed by atoms with Gasteiger partial charge in [0.15, 0.2) is 0 Å². The molecule has 1 aromatic carbocycles. The zero-order chi connectivity index (χ0) is 18.6. The third-order valence-corrected chi connectivity index (χ3v) is 4.29. The number of nitrogens with zero attached hydrogens (tertiary/aromatic N) is 2. The molecule has 134 valence electrons. The number of fused-ring (bicyclic) bond motifs is 1. The van der Waals surface area contributed by atoms with Crippen molar-refractivity contribution in [2.45, 2.75) is 6.54 Å². The predicted molar refractivity (Wildman–Crippen MR) is 103 cm³/mol. The van der Waals surface area contributed by atoms with Gasteiger partial charge in [0.25, 0.3) is 5.91 Å². The molecule has 27 heavy (non-hydrogen) atoms. The molecule has 0 aliphatic heterocycles. The van der Waals surface area contributed by atoms with Crippen molar-refractivity contribution >= 4 is 16.9 Å². The number of hydrogen-bond donors (Lipinski definition) is 2. The fourth-order valence-electron chi connectivity index (χ4n) is 2.87. The number of pyridine rings is 2. The van der Waals surface area contributed by atoms with E-state index in [1.165, 1.54) is 0 Å². The van der Waals surface area contributed by atoms with E-state index in [0.717, 1.165) is 28.0 Å². The molecular formula is C21H18N4O2. The van der Waals surface area contributed by atoms with Gasteiger partial charge in [-0.2, -0.15) is 0 Å². The molecule has 6 heteroatoms. The summed E-state index contributed by atoms with van der Waals surface area (Å²) < 4.78 is 5.20. The van der Waals surface area contributed by atoms with Crippen molar-refractivity contribution < 1.29 is 9.53 Å². The van der Waals surface area contributed by atoms with Crippen molar-refractivity contribution in [1.82, 2.24) is 20.3 Å². The van der Waals surface area contributed by atoms with Crippen LogP contribution in [0.3, 0.4) is 0 Å². The van der Waals surface area contributed by atoms with Crippen LogP contribution in [-0.2, 0) is 6.54 Å². The first-order valence-electron chi connectivity index (χ1n) is 8.54. The lowest BCUT2D eigenvalue weighted by Gasteiger charge is -2.06. The Morgan fingerprint density at radius 2 is 1.96 bits per heavy atom. The molecule has 2 N–H and O–H groups in total. The largest absolute Gasteiger partial charge is 0.497 e. The molecule has 3 heterocycles. The molecule has 0 bridgehead atoms. The van der Waals surface area contributed by atoms with Crippen molar-refractivity contribution in [1.29, 1.82) is 0 Å². The van der Waals surface area contributed by atoms with Crippen LogP contribution in [0, 0.1) is 0 Å². The van der Waals surface area contributed by atoms with Crippen LogP contribution in [0.2, 0.25) is 0 Å². The van der Waals surface area contributed by atoms with Crippen molar-refractivity contribution in [2.75, 3.05) is 7.11 Å². The van der Waals surface area contributed by atoms with Gasteiger partial charge in [-0.3, -0.25) is 9.78 Å². The van der Waals surface area contributed by atoms with E-state index in [-0.39, 0.29) is 5.91 Å². The third-order valence-electron chi connectivity index (χ3n) is 4.29. The van der Waals surface area contributed by atoms with Gasteiger partial charge < -0.3 is 15.0 Å². The average molecular weight is 358 g/mol. The zero-order valence-corrected chi connectivity index (χ0v) is 14.8. The molecule has 3 aromatic heterocycles. The molecule has 0 saturated heterocycles. The number of rotatable bonds is 5. The molecule has 0 aliphatic rings. The standard InChI is InChI=1S/C21H18N4O2/c1-27-17-4-2-3-14(11-17)13-23-21(26)19-12-16-5-6-18(24-20(16)25-19)15-7-9-22-10-8-15/h2-12H,13H2,1H3,(H,23,26)(H,24,25). The van der Waals surface area contributed by atoms with Crippen LogP contribution >= 0.6 is 0 Å². The van der Waals surface area contributed by atoms with Crippen molar-refractivity contribution in [3.05, 3.63) is 78.2 Å². The molecule has 4 rings (SSSR count). The molecule has 0 saturated carbocycles. The number of aromatic amines is 1. The molecule has 4 aromatic rings. The first-order valence-corrected chi connectivity index (χ1v) is 8.54. The number of methoxy groups -OCH3 is 1. The quantitative estimate of drug-likeness (QED) is 0.572. The zero-order valence-electron chi connectivity index (χ0n) is 14.8. The number of H-pyrrole nitrogens is 1. The number of carbonyl (C=O) groups is 1. The molecule has 1 amide bonds. The van der Waals surface area contributed by atoms with Gasteiger partial charge in [-0.05, 0) is 48.0 Å². The number of carbonyl (C=O) groups excluding carboxylic acids is 1. The van der Waals surface area contributed by atoms with Crippen LogP contribution in [0.4, 0.5) is 0 Å². The van der Waals surface area contributed by atoms with E-state index in [1.54, 1.807) is 25.6 Å². The molecule has 0 fully saturated rings. The van der Waals surface area contributed by atoms with Crippen LogP contribution in [0.5, 0.6) is 5.75 Å². The molecule has 0 radical (unpaired) electrons. The minimum Gasteiger partial charge on any atom is -0.497 e. The summed E-state index contributed by atoms with van der Waals surface area (Å²) in [7, 11) is 1.62. The Balaban J connectivity index is 1.52. The molecule has 0 unspecified atom stereocenters. The van der Waals surface area contributed by atoms with Crippen molar-refractivity contribution in [2.24, 2.45) is 0 Å². The van der Waals surface area contributed by atoms with E-state index in [0.29, 0.717) is 17.9 Å². The lowest BCUT2D eigenvalue weighted by atomic mass is 10.1. The highest BCUT2D eigenvalue weighted by Gasteiger charge is 2.11. The maximum absolute atomic E-state index is 12.5. The SMILES string of the molecule is COc1cccc(CNC(=O)c2cc3ccc(-c4ccncc4)nc3[nH]2)c1. The normalized spacial score (nSPS) is 10.7. The second kappa shape index (κ2) is 7.29. The van der Waals surface area contributed by atoms with Gasteiger partial charge >= 0.3 is 0 Å². The molecule has 0 aliphatic carbocycles. The summed E-state index contributed by atoms with van der Waals surface area (Å²) in [5.74, 6) is 0.585. The van der Waals surface area contributed by atoms with E-state index in [2.05, 4.69) is 20.3 Å². The summed E-state index contributed by atoms with van der Waals surface area (Å²) in [6.45, 7) is 0.418. The molecule has 6 nitrogen and oxygen atoms in total. The first-order chi connectivity index (χ1) is 13.2. The maximum atomic E-state index is 12.5. The maximum Gasteiger partial charge on any atom is 0.268 e. The highest BCUT2D eigenvalue weighted by molar-refractivity contribution is 5.97. The lowest BCUT2D eigenvalue weighted by Crippen LogP contribution is -2.23. The van der Waals surface area contributed by atoms with Crippen molar-refractivity contribution in [3.63, 3.8) is 0 Å². The highest BCUT2D eigenvalue weighted by atomic mass is 16.5. The molecule has 0 spiro atoms. The number of hydrogen-bond acceptors (Lipinski definition) is 4. The van der Waals surface area contributed by atoms with Crippen LogP contribution in [0.1, 0.15) is 16.1 Å². The predicted octanol–water partition coefficient (Wildman–Crippen LogP) is 3.56. The Labute approximate surface area is 156 Å². The fourth-order valence-corrected chi connectivity index (χ4v) is 2.87. The van der Waals surface area contributed by atoms with Gasteiger partial charge in [-0.1, -0.05) is 12.1 Å². The Hall–Kier alpha value is -3.67.